The van der Waals surface area contributed by atoms with Crippen LogP contribution in [0.15, 0.2) is 6.20 Å². The Bertz CT molecular complexity index is 598. The number of rotatable bonds is 5. The first-order valence-corrected chi connectivity index (χ1v) is 7.40. The van der Waals surface area contributed by atoms with Crippen molar-refractivity contribution in [2.75, 3.05) is 26.3 Å². The molecule has 1 amide bonds. The van der Waals surface area contributed by atoms with Crippen LogP contribution in [0.25, 0.3) is 0 Å². The normalized spacial score (nSPS) is 24.0. The standard InChI is InChI=1S/C13H16F4N4O3/c14-12(15)13(16,17)7-23-6-11(22)20-2-1-10-9(4-20)21-8(5-24-10)3-18-19-21/h3,9-10,12H,1-2,4-7H2/t9-,10-/m0/s1. The molecule has 3 rings (SSSR count). The molecule has 24 heavy (non-hydrogen) atoms. The molecule has 0 spiro atoms. The Labute approximate surface area is 134 Å². The van der Waals surface area contributed by atoms with Crippen molar-refractivity contribution in [1.82, 2.24) is 19.9 Å². The molecule has 1 fully saturated rings. The maximum atomic E-state index is 12.8. The number of carbonyl (C=O) groups is 1. The summed E-state index contributed by atoms with van der Waals surface area (Å²) in [4.78, 5) is 13.5. The number of amides is 1. The Morgan fingerprint density at radius 2 is 2.29 bits per heavy atom. The molecule has 0 aromatic carbocycles. The van der Waals surface area contributed by atoms with Gasteiger partial charge >= 0.3 is 12.3 Å². The van der Waals surface area contributed by atoms with Crippen LogP contribution in [0.5, 0.6) is 0 Å². The quantitative estimate of drug-likeness (QED) is 0.736. The van der Waals surface area contributed by atoms with Crippen LogP contribution in [-0.4, -0.2) is 70.6 Å². The molecular formula is C13H16F4N4O3. The van der Waals surface area contributed by atoms with Crippen molar-refractivity contribution in [1.29, 1.82) is 0 Å². The Balaban J connectivity index is 1.54. The van der Waals surface area contributed by atoms with Crippen molar-refractivity contribution in [2.45, 2.75) is 37.5 Å². The third-order valence-electron chi connectivity index (χ3n) is 4.12. The zero-order valence-corrected chi connectivity index (χ0v) is 12.6. The molecule has 134 valence electrons. The van der Waals surface area contributed by atoms with Crippen molar-refractivity contribution in [2.24, 2.45) is 0 Å². The fraction of sp³-hybridized carbons (Fsp3) is 0.769. The molecule has 0 saturated carbocycles. The Morgan fingerprint density at radius 1 is 1.50 bits per heavy atom. The largest absolute Gasteiger partial charge is 0.370 e. The molecule has 1 aromatic rings. The van der Waals surface area contributed by atoms with E-state index in [-0.39, 0.29) is 18.7 Å². The van der Waals surface area contributed by atoms with Gasteiger partial charge in [-0.15, -0.1) is 5.10 Å². The number of carbonyl (C=O) groups excluding carboxylic acids is 1. The van der Waals surface area contributed by atoms with E-state index in [1.807, 2.05) is 0 Å². The number of halogens is 4. The summed E-state index contributed by atoms with van der Waals surface area (Å²) in [5.74, 6) is -4.80. The number of piperidine rings is 1. The van der Waals surface area contributed by atoms with Gasteiger partial charge in [0.1, 0.15) is 13.2 Å². The highest BCUT2D eigenvalue weighted by Gasteiger charge is 2.42. The number of nitrogens with zero attached hydrogens (tertiary/aromatic N) is 4. The summed E-state index contributed by atoms with van der Waals surface area (Å²) < 4.78 is 61.4. The second-order valence-electron chi connectivity index (χ2n) is 5.77. The highest BCUT2D eigenvalue weighted by Crippen LogP contribution is 2.30. The van der Waals surface area contributed by atoms with Gasteiger partial charge < -0.3 is 14.4 Å². The smallest absolute Gasteiger partial charge is 0.330 e. The number of alkyl halides is 4. The lowest BCUT2D eigenvalue weighted by molar-refractivity contribution is -0.172. The number of ether oxygens (including phenoxy) is 2. The summed E-state index contributed by atoms with van der Waals surface area (Å²) in [5, 5.41) is 7.79. The summed E-state index contributed by atoms with van der Waals surface area (Å²) in [6.07, 6.45) is -1.80. The average Bonchev–Trinajstić information content (AvgIpc) is 3.03. The van der Waals surface area contributed by atoms with Crippen molar-refractivity contribution in [3.8, 4) is 0 Å². The third kappa shape index (κ3) is 3.36. The molecule has 2 aliphatic heterocycles. The van der Waals surface area contributed by atoms with Gasteiger partial charge in [-0.1, -0.05) is 5.21 Å². The average molecular weight is 352 g/mol. The minimum atomic E-state index is -4.26. The fourth-order valence-corrected chi connectivity index (χ4v) is 2.83. The van der Waals surface area contributed by atoms with Crippen molar-refractivity contribution < 1.29 is 31.8 Å². The van der Waals surface area contributed by atoms with E-state index in [4.69, 9.17) is 4.74 Å². The lowest BCUT2D eigenvalue weighted by atomic mass is 10.0. The zero-order valence-electron chi connectivity index (χ0n) is 12.6. The van der Waals surface area contributed by atoms with Crippen molar-refractivity contribution >= 4 is 5.91 Å². The molecule has 1 aromatic heterocycles. The fourth-order valence-electron chi connectivity index (χ4n) is 2.83. The topological polar surface area (TPSA) is 69.5 Å². The summed E-state index contributed by atoms with van der Waals surface area (Å²) >= 11 is 0. The maximum absolute atomic E-state index is 12.8. The minimum absolute atomic E-state index is 0.104. The van der Waals surface area contributed by atoms with E-state index < -0.39 is 31.5 Å². The van der Waals surface area contributed by atoms with Gasteiger partial charge in [0.25, 0.3) is 0 Å². The molecule has 0 aliphatic carbocycles. The molecule has 11 heteroatoms. The van der Waals surface area contributed by atoms with Gasteiger partial charge in [0, 0.05) is 13.1 Å². The number of hydrogen-bond donors (Lipinski definition) is 0. The second-order valence-corrected chi connectivity index (χ2v) is 5.77. The molecule has 0 radical (unpaired) electrons. The molecule has 0 unspecified atom stereocenters. The predicted molar refractivity (Wildman–Crippen MR) is 70.6 cm³/mol. The van der Waals surface area contributed by atoms with E-state index in [1.165, 1.54) is 4.90 Å². The summed E-state index contributed by atoms with van der Waals surface area (Å²) in [6, 6.07) is -0.212. The van der Waals surface area contributed by atoms with E-state index in [1.54, 1.807) is 10.9 Å². The zero-order chi connectivity index (χ0) is 17.3. The molecule has 2 atom stereocenters. The first-order chi connectivity index (χ1) is 11.4. The van der Waals surface area contributed by atoms with Gasteiger partial charge in [0.2, 0.25) is 5.91 Å². The lowest BCUT2D eigenvalue weighted by Gasteiger charge is -2.40. The van der Waals surface area contributed by atoms with E-state index in [2.05, 4.69) is 15.0 Å². The highest BCUT2D eigenvalue weighted by atomic mass is 19.3. The maximum Gasteiger partial charge on any atom is 0.330 e. The first-order valence-electron chi connectivity index (χ1n) is 7.40. The van der Waals surface area contributed by atoms with Crippen LogP contribution in [0.4, 0.5) is 17.6 Å². The predicted octanol–water partition coefficient (Wildman–Crippen LogP) is 0.867. The number of hydrogen-bond acceptors (Lipinski definition) is 5. The van der Waals surface area contributed by atoms with Gasteiger partial charge in [0.05, 0.1) is 30.6 Å². The van der Waals surface area contributed by atoms with Crippen molar-refractivity contribution in [3.63, 3.8) is 0 Å². The summed E-state index contributed by atoms with van der Waals surface area (Å²) in [5.41, 5.74) is 0.790. The number of likely N-dealkylation sites (tertiary alicyclic amines) is 1. The third-order valence-corrected chi connectivity index (χ3v) is 4.12. The minimum Gasteiger partial charge on any atom is -0.370 e. The molecule has 7 nitrogen and oxygen atoms in total. The van der Waals surface area contributed by atoms with Gasteiger partial charge in [-0.05, 0) is 6.42 Å². The molecule has 2 aliphatic rings. The molecule has 3 heterocycles. The second kappa shape index (κ2) is 6.63. The van der Waals surface area contributed by atoms with Crippen molar-refractivity contribution in [3.05, 3.63) is 11.9 Å². The van der Waals surface area contributed by atoms with Crippen LogP contribution in [0.3, 0.4) is 0 Å². The van der Waals surface area contributed by atoms with E-state index >= 15 is 0 Å². The van der Waals surface area contributed by atoms with E-state index in [9.17, 15) is 22.4 Å². The van der Waals surface area contributed by atoms with Gasteiger partial charge in [-0.25, -0.2) is 13.5 Å². The van der Waals surface area contributed by atoms with E-state index in [0.717, 1.165) is 5.69 Å². The van der Waals surface area contributed by atoms with Gasteiger partial charge in [0.15, 0.2) is 0 Å². The molecular weight excluding hydrogens is 336 g/mol. The monoisotopic (exact) mass is 352 g/mol. The van der Waals surface area contributed by atoms with Crippen LogP contribution >= 0.6 is 0 Å². The first kappa shape index (κ1) is 17.1. The highest BCUT2D eigenvalue weighted by molar-refractivity contribution is 5.77. The Hall–Kier alpha value is -1.75. The molecule has 0 bridgehead atoms. The SMILES string of the molecule is O=C(COCC(F)(F)C(F)F)N1CC[C@@H]2OCc3cnnn3[C@H]2C1. The van der Waals surface area contributed by atoms with Gasteiger partial charge in [-0.2, -0.15) is 8.78 Å². The number of fused-ring (bicyclic) bond motifs is 3. The van der Waals surface area contributed by atoms with E-state index in [0.29, 0.717) is 19.6 Å². The van der Waals surface area contributed by atoms with Gasteiger partial charge in [-0.3, -0.25) is 4.79 Å². The summed E-state index contributed by atoms with van der Waals surface area (Å²) in [7, 11) is 0. The Kier molecular flexibility index (Phi) is 4.72. The number of aromatic nitrogens is 3. The van der Waals surface area contributed by atoms with Crippen LogP contribution < -0.4 is 0 Å². The van der Waals surface area contributed by atoms with Crippen LogP contribution in [0.2, 0.25) is 0 Å². The Morgan fingerprint density at radius 3 is 3.04 bits per heavy atom. The van der Waals surface area contributed by atoms with Crippen LogP contribution in [0, 0.1) is 0 Å². The lowest BCUT2D eigenvalue weighted by Crippen LogP contribution is -2.50. The molecule has 0 N–H and O–H groups in total. The van der Waals surface area contributed by atoms with Crippen LogP contribution in [0.1, 0.15) is 18.2 Å². The van der Waals surface area contributed by atoms with Crippen LogP contribution in [-0.2, 0) is 20.9 Å². The molecule has 1 saturated heterocycles. The summed E-state index contributed by atoms with van der Waals surface area (Å²) in [6.45, 7) is -1.13.